The van der Waals surface area contributed by atoms with Crippen LogP contribution in [0.1, 0.15) is 38.2 Å². The molecule has 3 heteroatoms. The second-order valence-corrected chi connectivity index (χ2v) is 6.07. The molecule has 0 saturated carbocycles. The van der Waals surface area contributed by atoms with Gasteiger partial charge in [-0.15, -0.1) is 0 Å². The van der Waals surface area contributed by atoms with Crippen LogP contribution in [0.25, 0.3) is 0 Å². The number of rotatable bonds is 7. The summed E-state index contributed by atoms with van der Waals surface area (Å²) in [5, 5.41) is 2.77. The van der Waals surface area contributed by atoms with Crippen LogP contribution in [-0.2, 0) is 5.41 Å². The summed E-state index contributed by atoms with van der Waals surface area (Å²) in [6.07, 6.45) is 5.05. The van der Waals surface area contributed by atoms with Crippen LogP contribution in [-0.4, -0.2) is 10.7 Å². The van der Waals surface area contributed by atoms with Gasteiger partial charge in [-0.05, 0) is 24.1 Å². The van der Waals surface area contributed by atoms with Gasteiger partial charge in [0.25, 0.3) is 0 Å². The van der Waals surface area contributed by atoms with E-state index in [-0.39, 0.29) is 5.41 Å². The largest absolute Gasteiger partial charge is 0.0918 e. The SMILES string of the molecule is CCCCCC(CBr)(CBr)c1ccc(Cl)cc1. The Balaban J connectivity index is 2.85. The number of halogens is 3. The van der Waals surface area contributed by atoms with Crippen molar-refractivity contribution < 1.29 is 0 Å². The summed E-state index contributed by atoms with van der Waals surface area (Å²) in [6, 6.07) is 8.27. The van der Waals surface area contributed by atoms with E-state index in [4.69, 9.17) is 11.6 Å². The lowest BCUT2D eigenvalue weighted by molar-refractivity contribution is 0.471. The Kier molecular flexibility index (Phi) is 7.13. The summed E-state index contributed by atoms with van der Waals surface area (Å²) in [7, 11) is 0. The number of unbranched alkanes of at least 4 members (excludes halogenated alkanes) is 2. The molecule has 0 radical (unpaired) electrons. The van der Waals surface area contributed by atoms with Gasteiger partial charge >= 0.3 is 0 Å². The van der Waals surface area contributed by atoms with Gasteiger partial charge in [-0.2, -0.15) is 0 Å². The zero-order valence-electron chi connectivity index (χ0n) is 10.2. The van der Waals surface area contributed by atoms with Gasteiger partial charge in [0, 0.05) is 21.1 Å². The van der Waals surface area contributed by atoms with Crippen molar-refractivity contribution in [2.45, 2.75) is 38.0 Å². The maximum absolute atomic E-state index is 5.95. The first kappa shape index (κ1) is 15.5. The van der Waals surface area contributed by atoms with Crippen molar-refractivity contribution in [1.29, 1.82) is 0 Å². The number of hydrogen-bond donors (Lipinski definition) is 0. The summed E-state index contributed by atoms with van der Waals surface area (Å²) in [5.74, 6) is 0. The molecule has 1 aromatic carbocycles. The van der Waals surface area contributed by atoms with Crippen LogP contribution in [0.2, 0.25) is 5.02 Å². The van der Waals surface area contributed by atoms with E-state index in [9.17, 15) is 0 Å². The van der Waals surface area contributed by atoms with Crippen molar-refractivity contribution in [3.05, 3.63) is 34.9 Å². The Morgan fingerprint density at radius 3 is 2.12 bits per heavy atom. The van der Waals surface area contributed by atoms with E-state index in [1.807, 2.05) is 12.1 Å². The molecule has 0 heterocycles. The Bertz CT molecular complexity index is 317. The van der Waals surface area contributed by atoms with Crippen molar-refractivity contribution in [2.24, 2.45) is 0 Å². The third-order valence-electron chi connectivity index (χ3n) is 3.23. The molecule has 0 aliphatic rings. The van der Waals surface area contributed by atoms with Gasteiger partial charge in [-0.1, -0.05) is 81.8 Å². The van der Waals surface area contributed by atoms with E-state index in [0.29, 0.717) is 0 Å². The highest BCUT2D eigenvalue weighted by Gasteiger charge is 2.29. The summed E-state index contributed by atoms with van der Waals surface area (Å²) in [4.78, 5) is 0. The molecule has 0 aliphatic heterocycles. The van der Waals surface area contributed by atoms with Gasteiger partial charge in [0.1, 0.15) is 0 Å². The van der Waals surface area contributed by atoms with Gasteiger partial charge in [0.2, 0.25) is 0 Å². The summed E-state index contributed by atoms with van der Waals surface area (Å²) in [5.41, 5.74) is 1.56. The van der Waals surface area contributed by atoms with Crippen LogP contribution >= 0.6 is 43.5 Å². The van der Waals surface area contributed by atoms with E-state index in [1.165, 1.54) is 31.2 Å². The average molecular weight is 383 g/mol. The summed E-state index contributed by atoms with van der Waals surface area (Å²) < 4.78 is 0. The first-order valence-electron chi connectivity index (χ1n) is 6.06. The molecular formula is C14H19Br2Cl. The molecule has 0 unspecified atom stereocenters. The molecule has 96 valence electrons. The molecule has 0 N–H and O–H groups in total. The molecule has 0 fully saturated rings. The van der Waals surface area contributed by atoms with Crippen molar-refractivity contribution >= 4 is 43.5 Å². The minimum absolute atomic E-state index is 0.194. The highest BCUT2D eigenvalue weighted by Crippen LogP contribution is 2.34. The highest BCUT2D eigenvalue weighted by molar-refractivity contribution is 9.09. The topological polar surface area (TPSA) is 0 Å². The third kappa shape index (κ3) is 4.25. The molecular weight excluding hydrogens is 363 g/mol. The van der Waals surface area contributed by atoms with Crippen LogP contribution in [0, 0.1) is 0 Å². The van der Waals surface area contributed by atoms with Crippen LogP contribution in [0.5, 0.6) is 0 Å². The normalized spacial score (nSPS) is 11.8. The Hall–Kier alpha value is 0.470. The zero-order valence-corrected chi connectivity index (χ0v) is 14.1. The first-order chi connectivity index (χ1) is 8.18. The molecule has 0 aliphatic carbocycles. The van der Waals surface area contributed by atoms with Gasteiger partial charge in [-0.25, -0.2) is 0 Å². The maximum atomic E-state index is 5.95. The molecule has 1 rings (SSSR count). The molecule has 1 aromatic rings. The van der Waals surface area contributed by atoms with E-state index in [1.54, 1.807) is 0 Å². The van der Waals surface area contributed by atoms with Crippen molar-refractivity contribution in [3.8, 4) is 0 Å². The van der Waals surface area contributed by atoms with Gasteiger partial charge in [0.05, 0.1) is 0 Å². The third-order valence-corrected chi connectivity index (χ3v) is 5.63. The van der Waals surface area contributed by atoms with E-state index < -0.39 is 0 Å². The summed E-state index contributed by atoms with van der Waals surface area (Å²) >= 11 is 13.3. The minimum Gasteiger partial charge on any atom is -0.0918 e. The van der Waals surface area contributed by atoms with Gasteiger partial charge in [-0.3, -0.25) is 0 Å². The molecule has 0 amide bonds. The minimum atomic E-state index is 0.194. The first-order valence-corrected chi connectivity index (χ1v) is 8.68. The van der Waals surface area contributed by atoms with Crippen molar-refractivity contribution in [3.63, 3.8) is 0 Å². The fraction of sp³-hybridized carbons (Fsp3) is 0.571. The number of alkyl halides is 2. The van der Waals surface area contributed by atoms with Gasteiger partial charge < -0.3 is 0 Å². The molecule has 0 nitrogen and oxygen atoms in total. The molecule has 0 saturated heterocycles. The summed E-state index contributed by atoms with van der Waals surface area (Å²) in [6.45, 7) is 2.24. The standard InChI is InChI=1S/C14H19Br2Cl/c1-2-3-4-9-14(10-15,11-16)12-5-7-13(17)8-6-12/h5-8H,2-4,9-11H2,1H3. The fourth-order valence-corrected chi connectivity index (χ4v) is 4.25. The van der Waals surface area contributed by atoms with E-state index >= 15 is 0 Å². The van der Waals surface area contributed by atoms with E-state index in [2.05, 4.69) is 50.9 Å². The lowest BCUT2D eigenvalue weighted by Gasteiger charge is -2.31. The van der Waals surface area contributed by atoms with E-state index in [0.717, 1.165) is 15.7 Å². The average Bonchev–Trinajstić information content (AvgIpc) is 2.37. The highest BCUT2D eigenvalue weighted by atomic mass is 79.9. The lowest BCUT2D eigenvalue weighted by Crippen LogP contribution is -2.30. The van der Waals surface area contributed by atoms with Crippen LogP contribution in [0.15, 0.2) is 24.3 Å². The molecule has 0 bridgehead atoms. The Morgan fingerprint density at radius 2 is 1.65 bits per heavy atom. The second kappa shape index (κ2) is 7.81. The Labute approximate surface area is 126 Å². The smallest absolute Gasteiger partial charge is 0.0406 e. The molecule has 17 heavy (non-hydrogen) atoms. The van der Waals surface area contributed by atoms with Crippen LogP contribution in [0.3, 0.4) is 0 Å². The van der Waals surface area contributed by atoms with Crippen molar-refractivity contribution in [1.82, 2.24) is 0 Å². The molecule has 0 spiro atoms. The maximum Gasteiger partial charge on any atom is 0.0406 e. The van der Waals surface area contributed by atoms with Crippen molar-refractivity contribution in [2.75, 3.05) is 10.7 Å². The Morgan fingerprint density at radius 1 is 1.06 bits per heavy atom. The van der Waals surface area contributed by atoms with Crippen LogP contribution in [0.4, 0.5) is 0 Å². The number of benzene rings is 1. The van der Waals surface area contributed by atoms with Gasteiger partial charge in [0.15, 0.2) is 0 Å². The monoisotopic (exact) mass is 380 g/mol. The quantitative estimate of drug-likeness (QED) is 0.404. The number of hydrogen-bond acceptors (Lipinski definition) is 0. The predicted octanol–water partition coefficient (Wildman–Crippen LogP) is 5.95. The lowest BCUT2D eigenvalue weighted by atomic mass is 9.80. The van der Waals surface area contributed by atoms with Crippen LogP contribution < -0.4 is 0 Å². The molecule has 0 atom stereocenters. The second-order valence-electron chi connectivity index (χ2n) is 4.51. The zero-order chi connectivity index (χ0) is 12.7. The predicted molar refractivity (Wildman–Crippen MR) is 84.9 cm³/mol. The fourth-order valence-electron chi connectivity index (χ4n) is 1.98. The molecule has 0 aromatic heterocycles.